The van der Waals surface area contributed by atoms with Gasteiger partial charge in [0.15, 0.2) is 0 Å². The molecule has 0 bridgehead atoms. The van der Waals surface area contributed by atoms with E-state index in [1.54, 1.807) is 0 Å². The van der Waals surface area contributed by atoms with Crippen molar-refractivity contribution >= 4 is 6.29 Å². The molecule has 0 unspecified atom stereocenters. The van der Waals surface area contributed by atoms with Gasteiger partial charge in [0, 0.05) is 5.57 Å². The van der Waals surface area contributed by atoms with Crippen molar-refractivity contribution in [2.75, 3.05) is 0 Å². The van der Waals surface area contributed by atoms with E-state index < -0.39 is 6.36 Å². The Morgan fingerprint density at radius 1 is 1.36 bits per heavy atom. The van der Waals surface area contributed by atoms with Gasteiger partial charge in [-0.2, -0.15) is 0 Å². The van der Waals surface area contributed by atoms with Gasteiger partial charge in [0.1, 0.15) is 12.0 Å². The van der Waals surface area contributed by atoms with E-state index in [9.17, 15) is 18.0 Å². The first kappa shape index (κ1) is 12.5. The standard InChI is InChI=1S/C9H9F3O2/c1-3-8(6-13)5-4-7(2)14-9(10,11)12/h3-6H,1H2,2H3/b7-4+,8-5+. The fourth-order valence-corrected chi connectivity index (χ4v) is 0.586. The molecule has 0 aliphatic heterocycles. The van der Waals surface area contributed by atoms with Crippen LogP contribution in [0, 0.1) is 0 Å². The molecule has 0 aliphatic carbocycles. The van der Waals surface area contributed by atoms with Crippen LogP contribution in [0.4, 0.5) is 13.2 Å². The Balaban J connectivity index is 4.45. The van der Waals surface area contributed by atoms with Crippen molar-refractivity contribution in [1.82, 2.24) is 0 Å². The molecule has 14 heavy (non-hydrogen) atoms. The second-order valence-corrected chi connectivity index (χ2v) is 2.31. The summed E-state index contributed by atoms with van der Waals surface area (Å²) in [5, 5.41) is 0. The summed E-state index contributed by atoms with van der Waals surface area (Å²) >= 11 is 0. The van der Waals surface area contributed by atoms with Crippen LogP contribution < -0.4 is 0 Å². The quantitative estimate of drug-likeness (QED) is 0.306. The minimum atomic E-state index is -4.70. The van der Waals surface area contributed by atoms with E-state index >= 15 is 0 Å². The van der Waals surface area contributed by atoms with Gasteiger partial charge in [-0.3, -0.25) is 4.79 Å². The molecule has 0 atom stereocenters. The predicted molar refractivity (Wildman–Crippen MR) is 45.2 cm³/mol. The summed E-state index contributed by atoms with van der Waals surface area (Å²) in [6.07, 6.45) is -0.779. The van der Waals surface area contributed by atoms with Crippen molar-refractivity contribution in [1.29, 1.82) is 0 Å². The largest absolute Gasteiger partial charge is 0.572 e. The minimum Gasteiger partial charge on any atom is -0.411 e. The fourth-order valence-electron chi connectivity index (χ4n) is 0.586. The number of hydrogen-bond acceptors (Lipinski definition) is 2. The van der Waals surface area contributed by atoms with Gasteiger partial charge in [0.25, 0.3) is 0 Å². The summed E-state index contributed by atoms with van der Waals surface area (Å²) in [4.78, 5) is 10.2. The number of ether oxygens (including phenoxy) is 1. The van der Waals surface area contributed by atoms with Gasteiger partial charge in [-0.15, -0.1) is 13.2 Å². The molecule has 78 valence electrons. The van der Waals surface area contributed by atoms with Crippen LogP contribution >= 0.6 is 0 Å². The van der Waals surface area contributed by atoms with Crippen LogP contribution in [0.25, 0.3) is 0 Å². The van der Waals surface area contributed by atoms with E-state index in [1.807, 2.05) is 0 Å². The SMILES string of the molecule is C=C/C(C=O)=C\C=C(/C)OC(F)(F)F. The van der Waals surface area contributed by atoms with Gasteiger partial charge in [0.05, 0.1) is 0 Å². The first-order valence-electron chi connectivity index (χ1n) is 3.61. The van der Waals surface area contributed by atoms with Crippen LogP contribution in [0.3, 0.4) is 0 Å². The van der Waals surface area contributed by atoms with Crippen molar-refractivity contribution in [2.24, 2.45) is 0 Å². The molecule has 2 nitrogen and oxygen atoms in total. The average molecular weight is 206 g/mol. The molecule has 0 aromatic rings. The molecular weight excluding hydrogens is 197 g/mol. The van der Waals surface area contributed by atoms with Gasteiger partial charge in [-0.1, -0.05) is 12.7 Å². The lowest BCUT2D eigenvalue weighted by atomic mass is 10.2. The third kappa shape index (κ3) is 6.05. The van der Waals surface area contributed by atoms with Gasteiger partial charge >= 0.3 is 6.36 Å². The third-order valence-electron chi connectivity index (χ3n) is 1.16. The van der Waals surface area contributed by atoms with Crippen molar-refractivity contribution in [2.45, 2.75) is 13.3 Å². The van der Waals surface area contributed by atoms with Gasteiger partial charge in [0.2, 0.25) is 0 Å². The van der Waals surface area contributed by atoms with Crippen molar-refractivity contribution in [3.8, 4) is 0 Å². The van der Waals surface area contributed by atoms with E-state index in [1.165, 1.54) is 12.2 Å². The Morgan fingerprint density at radius 3 is 2.29 bits per heavy atom. The summed E-state index contributed by atoms with van der Waals surface area (Å²) in [5.74, 6) is -0.348. The minimum absolute atomic E-state index is 0.176. The van der Waals surface area contributed by atoms with Crippen LogP contribution in [0.2, 0.25) is 0 Å². The Labute approximate surface area is 79.4 Å². The number of rotatable bonds is 4. The van der Waals surface area contributed by atoms with E-state index in [4.69, 9.17) is 0 Å². The van der Waals surface area contributed by atoms with Crippen molar-refractivity contribution < 1.29 is 22.7 Å². The summed E-state index contributed by atoms with van der Waals surface area (Å²) in [6, 6.07) is 0. The van der Waals surface area contributed by atoms with Crippen molar-refractivity contribution in [3.63, 3.8) is 0 Å². The maximum absolute atomic E-state index is 11.6. The maximum atomic E-state index is 11.6. The van der Waals surface area contributed by atoms with Crippen molar-refractivity contribution in [3.05, 3.63) is 36.1 Å². The second kappa shape index (κ2) is 5.26. The molecule has 0 spiro atoms. The number of alkyl halides is 3. The molecule has 0 fully saturated rings. The summed E-state index contributed by atoms with van der Waals surface area (Å²) in [6.45, 7) is 4.43. The van der Waals surface area contributed by atoms with Gasteiger partial charge in [-0.25, -0.2) is 0 Å². The monoisotopic (exact) mass is 206 g/mol. The molecule has 0 saturated carbocycles. The number of aldehydes is 1. The molecule has 0 N–H and O–H groups in total. The normalized spacial score (nSPS) is 13.7. The van der Waals surface area contributed by atoms with Crippen LogP contribution in [-0.2, 0) is 9.53 Å². The number of allylic oxidation sites excluding steroid dienone is 5. The van der Waals surface area contributed by atoms with Crippen LogP contribution in [0.1, 0.15) is 6.92 Å². The highest BCUT2D eigenvalue weighted by atomic mass is 19.4. The Bertz CT molecular complexity index is 264. The first-order valence-corrected chi connectivity index (χ1v) is 3.61. The highest BCUT2D eigenvalue weighted by Crippen LogP contribution is 2.20. The molecule has 0 saturated heterocycles. The molecule has 0 amide bonds. The molecule has 0 rings (SSSR count). The van der Waals surface area contributed by atoms with E-state index in [2.05, 4.69) is 11.3 Å². The topological polar surface area (TPSA) is 26.3 Å². The maximum Gasteiger partial charge on any atom is 0.572 e. The van der Waals surface area contributed by atoms with Gasteiger partial charge in [-0.05, 0) is 19.1 Å². The Kier molecular flexibility index (Phi) is 4.69. The number of carbonyl (C=O) groups excluding carboxylic acids is 1. The molecule has 0 radical (unpaired) electrons. The summed E-state index contributed by atoms with van der Waals surface area (Å²) < 4.78 is 38.4. The Hall–Kier alpha value is -1.52. The Morgan fingerprint density at radius 2 is 1.93 bits per heavy atom. The highest BCUT2D eigenvalue weighted by molar-refractivity contribution is 5.77. The third-order valence-corrected chi connectivity index (χ3v) is 1.16. The molecular formula is C9H9F3O2. The zero-order valence-corrected chi connectivity index (χ0v) is 7.47. The summed E-state index contributed by atoms with van der Waals surface area (Å²) in [5.41, 5.74) is 0.176. The fraction of sp³-hybridized carbons (Fsp3) is 0.222. The lowest BCUT2D eigenvalue weighted by Crippen LogP contribution is -2.11. The van der Waals surface area contributed by atoms with Crippen LogP contribution in [0.5, 0.6) is 0 Å². The smallest absolute Gasteiger partial charge is 0.411 e. The number of carbonyl (C=O) groups is 1. The van der Waals surface area contributed by atoms with Crippen LogP contribution in [0.15, 0.2) is 36.1 Å². The zero-order valence-electron chi connectivity index (χ0n) is 7.47. The zero-order chi connectivity index (χ0) is 11.2. The molecule has 0 aromatic carbocycles. The molecule has 5 heteroatoms. The number of halogens is 3. The lowest BCUT2D eigenvalue weighted by molar-refractivity contribution is -0.305. The van der Waals surface area contributed by atoms with Gasteiger partial charge < -0.3 is 4.74 Å². The predicted octanol–water partition coefficient (Wildman–Crippen LogP) is 2.74. The highest BCUT2D eigenvalue weighted by Gasteiger charge is 2.30. The molecule has 0 heterocycles. The second-order valence-electron chi connectivity index (χ2n) is 2.31. The van der Waals surface area contributed by atoms with E-state index in [0.717, 1.165) is 13.0 Å². The van der Waals surface area contributed by atoms with E-state index in [0.29, 0.717) is 6.29 Å². The summed E-state index contributed by atoms with van der Waals surface area (Å²) in [7, 11) is 0. The average Bonchev–Trinajstić information content (AvgIpc) is 2.03. The first-order chi connectivity index (χ1) is 6.39. The molecule has 0 aliphatic rings. The van der Waals surface area contributed by atoms with E-state index in [-0.39, 0.29) is 11.3 Å². The lowest BCUT2D eigenvalue weighted by Gasteiger charge is -2.07. The molecule has 0 aromatic heterocycles. The van der Waals surface area contributed by atoms with Crippen LogP contribution in [-0.4, -0.2) is 12.6 Å². The number of hydrogen-bond donors (Lipinski definition) is 0.